The SMILES string of the molecule is C=CC(=O)Nc1cccc(Oc2nc(Nc3ccc(S(C)=O)nc3)nc3ccsc23)c1. The number of nitrogens with one attached hydrogen (secondary N) is 2. The highest BCUT2D eigenvalue weighted by atomic mass is 32.2. The van der Waals surface area contributed by atoms with Crippen molar-refractivity contribution in [1.29, 1.82) is 0 Å². The van der Waals surface area contributed by atoms with Crippen LogP contribution in [0.3, 0.4) is 0 Å². The molecule has 0 aliphatic heterocycles. The fraction of sp³-hybridized carbons (Fsp3) is 0.0476. The van der Waals surface area contributed by atoms with Crippen LogP contribution in [0.4, 0.5) is 17.3 Å². The molecular weight excluding hydrogens is 434 g/mol. The van der Waals surface area contributed by atoms with E-state index < -0.39 is 10.8 Å². The van der Waals surface area contributed by atoms with Crippen molar-refractivity contribution in [3.8, 4) is 11.6 Å². The quantitative estimate of drug-likeness (QED) is 0.399. The fourth-order valence-electron chi connectivity index (χ4n) is 2.66. The molecule has 1 amide bonds. The molecule has 1 aromatic carbocycles. The van der Waals surface area contributed by atoms with Gasteiger partial charge in [0.25, 0.3) is 0 Å². The summed E-state index contributed by atoms with van der Waals surface area (Å²) in [5.41, 5.74) is 1.97. The highest BCUT2D eigenvalue weighted by Crippen LogP contribution is 2.33. The monoisotopic (exact) mass is 451 g/mol. The van der Waals surface area contributed by atoms with Crippen molar-refractivity contribution in [3.63, 3.8) is 0 Å². The molecule has 3 aromatic heterocycles. The van der Waals surface area contributed by atoms with E-state index in [4.69, 9.17) is 4.74 Å². The molecule has 31 heavy (non-hydrogen) atoms. The Kier molecular flexibility index (Phi) is 6.01. The summed E-state index contributed by atoms with van der Waals surface area (Å²) in [7, 11) is -1.15. The van der Waals surface area contributed by atoms with Crippen LogP contribution < -0.4 is 15.4 Å². The second-order valence-corrected chi connectivity index (χ2v) is 8.52. The second kappa shape index (κ2) is 9.02. The molecule has 1 atom stereocenters. The Balaban J connectivity index is 1.62. The van der Waals surface area contributed by atoms with E-state index >= 15 is 0 Å². The van der Waals surface area contributed by atoms with Crippen molar-refractivity contribution in [3.05, 3.63) is 66.7 Å². The Morgan fingerprint density at radius 2 is 2.06 bits per heavy atom. The molecule has 4 aromatic rings. The van der Waals surface area contributed by atoms with Crippen molar-refractivity contribution in [1.82, 2.24) is 15.0 Å². The number of pyridine rings is 1. The van der Waals surface area contributed by atoms with E-state index in [1.165, 1.54) is 17.4 Å². The van der Waals surface area contributed by atoms with Gasteiger partial charge in [-0.2, -0.15) is 4.98 Å². The van der Waals surface area contributed by atoms with Crippen molar-refractivity contribution >= 4 is 55.6 Å². The van der Waals surface area contributed by atoms with Crippen LogP contribution in [0.2, 0.25) is 0 Å². The van der Waals surface area contributed by atoms with Gasteiger partial charge < -0.3 is 15.4 Å². The minimum absolute atomic E-state index is 0.308. The molecule has 0 radical (unpaired) electrons. The molecule has 156 valence electrons. The van der Waals surface area contributed by atoms with E-state index in [0.29, 0.717) is 34.0 Å². The molecule has 10 heteroatoms. The molecule has 2 N–H and O–H groups in total. The lowest BCUT2D eigenvalue weighted by atomic mass is 10.3. The van der Waals surface area contributed by atoms with Crippen LogP contribution in [-0.2, 0) is 15.6 Å². The third-order valence-corrected chi connectivity index (χ3v) is 5.78. The molecule has 0 aliphatic rings. The number of carbonyl (C=O) groups excluding carboxylic acids is 1. The largest absolute Gasteiger partial charge is 0.437 e. The van der Waals surface area contributed by atoms with Crippen LogP contribution in [0, 0.1) is 0 Å². The number of aromatic nitrogens is 3. The molecule has 0 saturated carbocycles. The summed E-state index contributed by atoms with van der Waals surface area (Å²) in [6.07, 6.45) is 4.35. The van der Waals surface area contributed by atoms with Crippen LogP contribution in [0.5, 0.6) is 11.6 Å². The second-order valence-electron chi connectivity index (χ2n) is 6.27. The standard InChI is InChI=1S/C21H17N5O3S2/c1-3-17(27)23-13-5-4-6-15(11-13)29-20-19-16(9-10-30-19)25-21(26-20)24-14-7-8-18(22-12-14)31(2)28/h3-12H,1H2,2H3,(H,23,27)(H,24,25,26). The Hall–Kier alpha value is -3.63. The first-order valence-corrected chi connectivity index (χ1v) is 11.5. The predicted octanol–water partition coefficient (Wildman–Crippen LogP) is 4.48. The summed E-state index contributed by atoms with van der Waals surface area (Å²) in [6, 6.07) is 12.3. The first-order chi connectivity index (χ1) is 15.0. The third kappa shape index (κ3) is 4.93. The topological polar surface area (TPSA) is 106 Å². The molecule has 8 nitrogen and oxygen atoms in total. The Bertz CT molecular complexity index is 1290. The lowest BCUT2D eigenvalue weighted by Crippen LogP contribution is -2.07. The number of nitrogens with zero attached hydrogens (tertiary/aromatic N) is 3. The van der Waals surface area contributed by atoms with Crippen LogP contribution in [0.1, 0.15) is 0 Å². The van der Waals surface area contributed by atoms with Gasteiger partial charge in [0.05, 0.1) is 28.2 Å². The minimum Gasteiger partial charge on any atom is -0.437 e. The molecular formula is C21H17N5O3S2. The molecule has 4 rings (SSSR count). The van der Waals surface area contributed by atoms with E-state index in [9.17, 15) is 9.00 Å². The van der Waals surface area contributed by atoms with Crippen LogP contribution in [-0.4, -0.2) is 31.3 Å². The van der Waals surface area contributed by atoms with Gasteiger partial charge in [-0.05, 0) is 41.8 Å². The maximum atomic E-state index is 11.5. The zero-order valence-electron chi connectivity index (χ0n) is 16.4. The number of amides is 1. The number of thiophene rings is 1. The van der Waals surface area contributed by atoms with E-state index in [-0.39, 0.29) is 5.91 Å². The molecule has 0 aliphatic carbocycles. The molecule has 0 spiro atoms. The van der Waals surface area contributed by atoms with Gasteiger partial charge in [0.15, 0.2) is 0 Å². The maximum Gasteiger partial charge on any atom is 0.247 e. The minimum atomic E-state index is -1.15. The molecule has 1 unspecified atom stereocenters. The van der Waals surface area contributed by atoms with Crippen LogP contribution in [0.15, 0.2) is 71.7 Å². The van der Waals surface area contributed by atoms with Crippen LogP contribution >= 0.6 is 11.3 Å². The number of benzene rings is 1. The molecule has 3 heterocycles. The van der Waals surface area contributed by atoms with Crippen molar-refractivity contribution in [2.75, 3.05) is 16.9 Å². The van der Waals surface area contributed by atoms with Gasteiger partial charge in [0.2, 0.25) is 17.7 Å². The zero-order chi connectivity index (χ0) is 21.8. The maximum absolute atomic E-state index is 11.5. The number of ether oxygens (including phenoxy) is 1. The lowest BCUT2D eigenvalue weighted by Gasteiger charge is -2.10. The Morgan fingerprint density at radius 1 is 1.19 bits per heavy atom. The van der Waals surface area contributed by atoms with E-state index in [1.807, 2.05) is 11.4 Å². The average Bonchev–Trinajstić information content (AvgIpc) is 3.23. The summed E-state index contributed by atoms with van der Waals surface area (Å²) in [6.45, 7) is 3.45. The van der Waals surface area contributed by atoms with Gasteiger partial charge in [-0.15, -0.1) is 11.3 Å². The van der Waals surface area contributed by atoms with Gasteiger partial charge >= 0.3 is 0 Å². The normalized spacial score (nSPS) is 11.6. The highest BCUT2D eigenvalue weighted by molar-refractivity contribution is 7.84. The van der Waals surface area contributed by atoms with Gasteiger partial charge in [0, 0.05) is 18.0 Å². The van der Waals surface area contributed by atoms with Gasteiger partial charge in [-0.1, -0.05) is 12.6 Å². The van der Waals surface area contributed by atoms with Gasteiger partial charge in [-0.25, -0.2) is 9.97 Å². The molecule has 0 saturated heterocycles. The summed E-state index contributed by atoms with van der Waals surface area (Å²) < 4.78 is 18.3. The van der Waals surface area contributed by atoms with Gasteiger partial charge in [-0.3, -0.25) is 9.00 Å². The highest BCUT2D eigenvalue weighted by Gasteiger charge is 2.13. The Labute approximate surface area is 184 Å². The first kappa shape index (κ1) is 20.6. The van der Waals surface area contributed by atoms with Crippen LogP contribution in [0.25, 0.3) is 10.2 Å². The smallest absolute Gasteiger partial charge is 0.247 e. The predicted molar refractivity (Wildman–Crippen MR) is 123 cm³/mol. The van der Waals surface area contributed by atoms with Crippen molar-refractivity contribution in [2.45, 2.75) is 5.03 Å². The van der Waals surface area contributed by atoms with E-state index in [2.05, 4.69) is 32.2 Å². The number of carbonyl (C=O) groups is 1. The summed E-state index contributed by atoms with van der Waals surface area (Å²) in [5, 5.41) is 8.19. The number of hydrogen-bond acceptors (Lipinski definition) is 8. The summed E-state index contributed by atoms with van der Waals surface area (Å²) in [5.74, 6) is 0.925. The number of hydrogen-bond donors (Lipinski definition) is 2. The Morgan fingerprint density at radius 3 is 2.81 bits per heavy atom. The summed E-state index contributed by atoms with van der Waals surface area (Å²) in [4.78, 5) is 24.7. The molecule has 0 bridgehead atoms. The summed E-state index contributed by atoms with van der Waals surface area (Å²) >= 11 is 1.46. The van der Waals surface area contributed by atoms with Gasteiger partial charge in [0.1, 0.15) is 15.5 Å². The van der Waals surface area contributed by atoms with E-state index in [1.54, 1.807) is 48.9 Å². The fourth-order valence-corrected chi connectivity index (χ4v) is 3.87. The van der Waals surface area contributed by atoms with Crippen molar-refractivity contribution < 1.29 is 13.7 Å². The first-order valence-electron chi connectivity index (χ1n) is 9.05. The third-order valence-electron chi connectivity index (χ3n) is 4.06. The van der Waals surface area contributed by atoms with E-state index in [0.717, 1.165) is 10.2 Å². The van der Waals surface area contributed by atoms with Crippen molar-refractivity contribution in [2.24, 2.45) is 0 Å². The lowest BCUT2D eigenvalue weighted by molar-refractivity contribution is -0.111. The zero-order valence-corrected chi connectivity index (χ0v) is 18.0. The average molecular weight is 452 g/mol. The number of fused-ring (bicyclic) bond motifs is 1. The number of rotatable bonds is 7. The molecule has 0 fully saturated rings. The number of anilines is 3.